The Morgan fingerprint density at radius 2 is 1.79 bits per heavy atom. The third-order valence-corrected chi connectivity index (χ3v) is 6.26. The van der Waals surface area contributed by atoms with E-state index in [0.717, 1.165) is 18.7 Å². The van der Waals surface area contributed by atoms with Gasteiger partial charge in [0.25, 0.3) is 5.82 Å². The van der Waals surface area contributed by atoms with Crippen LogP contribution < -0.4 is 15.5 Å². The van der Waals surface area contributed by atoms with Gasteiger partial charge in [0.05, 0.1) is 11.4 Å². The fraction of sp³-hybridized carbons (Fsp3) is 0.259. The van der Waals surface area contributed by atoms with Crippen molar-refractivity contribution in [1.29, 1.82) is 0 Å². The van der Waals surface area contributed by atoms with Crippen molar-refractivity contribution in [3.8, 4) is 5.88 Å². The minimum Gasteiger partial charge on any atom is -0.470 e. The number of fused-ring (bicyclic) bond motifs is 3. The number of hydrogen-bond donors (Lipinski definition) is 1. The number of alkyl halides is 3. The van der Waals surface area contributed by atoms with Gasteiger partial charge in [0.2, 0.25) is 5.88 Å². The molecule has 0 aliphatic carbocycles. The lowest BCUT2D eigenvalue weighted by Gasteiger charge is -2.15. The minimum atomic E-state index is -4.71. The molecule has 0 aliphatic rings. The van der Waals surface area contributed by atoms with E-state index in [1.165, 1.54) is 11.0 Å². The van der Waals surface area contributed by atoms with Crippen molar-refractivity contribution >= 4 is 29.2 Å². The monoisotopic (exact) mass is 517 g/mol. The molecular formula is C27H25BF3N6O. The van der Waals surface area contributed by atoms with Gasteiger partial charge in [-0.3, -0.25) is 4.98 Å². The largest absolute Gasteiger partial charge is 0.470 e. The Kier molecular flexibility index (Phi) is 7.28. The Balaban J connectivity index is 1.30. The van der Waals surface area contributed by atoms with E-state index in [1.807, 2.05) is 31.9 Å². The molecule has 11 heteroatoms. The zero-order valence-electron chi connectivity index (χ0n) is 20.9. The number of aromatic nitrogens is 5. The summed E-state index contributed by atoms with van der Waals surface area (Å²) in [6.07, 6.45) is -3.82. The molecule has 38 heavy (non-hydrogen) atoms. The standard InChI is InChI=1S/C27H25BF3N6O/c1-17(32-14-13-18-7-5-8-19(15-18)28-2)23-12-6-9-20(33-23)16-38-25-22-11-4-3-10-21(22)24-34-35-26(27(29,30)31)37(24)36-25/h3-12,15,17,32H,13-14,16H2,1-2H3. The molecule has 0 saturated heterocycles. The summed E-state index contributed by atoms with van der Waals surface area (Å²) in [6.45, 7) is 4.88. The zero-order chi connectivity index (χ0) is 26.7. The van der Waals surface area contributed by atoms with Gasteiger partial charge in [-0.15, -0.1) is 15.3 Å². The van der Waals surface area contributed by atoms with Gasteiger partial charge in [-0.25, -0.2) is 0 Å². The van der Waals surface area contributed by atoms with E-state index in [2.05, 4.69) is 52.2 Å². The molecule has 5 rings (SSSR count). The molecule has 1 N–H and O–H groups in total. The molecule has 1 unspecified atom stereocenters. The van der Waals surface area contributed by atoms with Crippen LogP contribution in [0.25, 0.3) is 16.4 Å². The van der Waals surface area contributed by atoms with Crippen LogP contribution in [-0.2, 0) is 19.2 Å². The van der Waals surface area contributed by atoms with Crippen LogP contribution >= 0.6 is 0 Å². The van der Waals surface area contributed by atoms with Crippen LogP contribution in [0.4, 0.5) is 13.2 Å². The summed E-state index contributed by atoms with van der Waals surface area (Å²) in [5.74, 6) is -1.16. The lowest BCUT2D eigenvalue weighted by molar-refractivity contribution is -0.146. The maximum Gasteiger partial charge on any atom is 0.453 e. The van der Waals surface area contributed by atoms with E-state index in [9.17, 15) is 13.2 Å². The first-order chi connectivity index (χ1) is 18.3. The first-order valence-corrected chi connectivity index (χ1v) is 12.2. The van der Waals surface area contributed by atoms with Gasteiger partial charge in [-0.2, -0.15) is 17.7 Å². The first-order valence-electron chi connectivity index (χ1n) is 12.2. The second-order valence-electron chi connectivity index (χ2n) is 8.91. The van der Waals surface area contributed by atoms with Crippen LogP contribution in [0.1, 0.15) is 35.7 Å². The molecule has 0 aliphatic heterocycles. The van der Waals surface area contributed by atoms with E-state index in [4.69, 9.17) is 9.72 Å². The molecule has 0 spiro atoms. The lowest BCUT2D eigenvalue weighted by Crippen LogP contribution is -2.23. The Labute approximate surface area is 218 Å². The number of pyridine rings is 1. The van der Waals surface area contributed by atoms with Crippen molar-refractivity contribution in [3.05, 3.63) is 89.5 Å². The predicted molar refractivity (Wildman–Crippen MR) is 140 cm³/mol. The van der Waals surface area contributed by atoms with Crippen LogP contribution in [0.5, 0.6) is 5.88 Å². The average Bonchev–Trinajstić information content (AvgIpc) is 3.37. The molecule has 0 amide bonds. The van der Waals surface area contributed by atoms with Crippen molar-refractivity contribution in [1.82, 2.24) is 30.1 Å². The SMILES string of the molecule is C[B]c1cccc(CCNC(C)c2cccc(COc3nn4c(C(F)(F)F)nnc4c4ccccc34)n2)c1. The summed E-state index contributed by atoms with van der Waals surface area (Å²) in [5, 5.41) is 15.6. The summed E-state index contributed by atoms with van der Waals surface area (Å²) in [7, 11) is 2.08. The Hall–Kier alpha value is -3.99. The van der Waals surface area contributed by atoms with Crippen LogP contribution in [0.15, 0.2) is 66.7 Å². The second kappa shape index (κ2) is 10.8. The molecule has 7 nitrogen and oxygen atoms in total. The van der Waals surface area contributed by atoms with E-state index in [-0.39, 0.29) is 24.2 Å². The summed E-state index contributed by atoms with van der Waals surface area (Å²) in [6, 6.07) is 20.9. The molecule has 3 aromatic heterocycles. The van der Waals surface area contributed by atoms with Crippen LogP contribution in [0, 0.1) is 0 Å². The van der Waals surface area contributed by atoms with Crippen LogP contribution in [0.3, 0.4) is 0 Å². The van der Waals surface area contributed by atoms with Crippen LogP contribution in [0.2, 0.25) is 6.82 Å². The number of ether oxygens (including phenoxy) is 1. The molecule has 0 bridgehead atoms. The van der Waals surface area contributed by atoms with Gasteiger partial charge in [-0.1, -0.05) is 60.8 Å². The van der Waals surface area contributed by atoms with Gasteiger partial charge < -0.3 is 10.1 Å². The number of rotatable bonds is 9. The van der Waals surface area contributed by atoms with E-state index in [0.29, 0.717) is 21.0 Å². The molecule has 5 aromatic rings. The van der Waals surface area contributed by atoms with Gasteiger partial charge >= 0.3 is 6.18 Å². The van der Waals surface area contributed by atoms with Gasteiger partial charge in [0.1, 0.15) is 13.9 Å². The van der Waals surface area contributed by atoms with Crippen molar-refractivity contribution in [2.24, 2.45) is 0 Å². The predicted octanol–water partition coefficient (Wildman–Crippen LogP) is 4.54. The number of nitrogens with one attached hydrogen (secondary N) is 1. The van der Waals surface area contributed by atoms with Gasteiger partial charge in [0, 0.05) is 16.8 Å². The zero-order valence-corrected chi connectivity index (χ0v) is 20.9. The average molecular weight is 517 g/mol. The van der Waals surface area contributed by atoms with Crippen molar-refractivity contribution in [2.75, 3.05) is 6.54 Å². The molecule has 0 fully saturated rings. The Morgan fingerprint density at radius 3 is 2.58 bits per heavy atom. The van der Waals surface area contributed by atoms with E-state index in [1.54, 1.807) is 24.3 Å². The molecule has 193 valence electrons. The van der Waals surface area contributed by atoms with Crippen LogP contribution in [-0.4, -0.2) is 38.6 Å². The van der Waals surface area contributed by atoms with Crippen molar-refractivity contribution in [2.45, 2.75) is 39.0 Å². The maximum atomic E-state index is 13.5. The fourth-order valence-electron chi connectivity index (χ4n) is 4.26. The first kappa shape index (κ1) is 25.7. The van der Waals surface area contributed by atoms with Gasteiger partial charge in [-0.05, 0) is 43.7 Å². The summed E-state index contributed by atoms with van der Waals surface area (Å²) < 4.78 is 46.9. The fourth-order valence-corrected chi connectivity index (χ4v) is 4.26. The summed E-state index contributed by atoms with van der Waals surface area (Å²) >= 11 is 0. The third-order valence-electron chi connectivity index (χ3n) is 6.26. The van der Waals surface area contributed by atoms with Crippen molar-refractivity contribution < 1.29 is 17.9 Å². The molecule has 1 radical (unpaired) electrons. The number of hydrogen-bond acceptors (Lipinski definition) is 6. The Bertz CT molecular complexity index is 1570. The Morgan fingerprint density at radius 1 is 1.00 bits per heavy atom. The maximum absolute atomic E-state index is 13.5. The molecule has 2 aromatic carbocycles. The smallest absolute Gasteiger partial charge is 0.453 e. The highest BCUT2D eigenvalue weighted by atomic mass is 19.4. The molecular weight excluding hydrogens is 492 g/mol. The lowest BCUT2D eigenvalue weighted by atomic mass is 9.73. The molecule has 0 saturated carbocycles. The summed E-state index contributed by atoms with van der Waals surface area (Å²) in [4.78, 5) is 4.70. The quantitative estimate of drug-likeness (QED) is 0.290. The molecule has 3 heterocycles. The summed E-state index contributed by atoms with van der Waals surface area (Å²) in [5.41, 5.74) is 3.94. The van der Waals surface area contributed by atoms with Gasteiger partial charge in [0.15, 0.2) is 5.65 Å². The number of nitrogens with zero attached hydrogens (tertiary/aromatic N) is 5. The van der Waals surface area contributed by atoms with E-state index < -0.39 is 12.0 Å². The highest BCUT2D eigenvalue weighted by molar-refractivity contribution is 6.51. The number of benzene rings is 2. The third kappa shape index (κ3) is 5.47. The second-order valence-corrected chi connectivity index (χ2v) is 8.91. The molecule has 1 atom stereocenters. The highest BCUT2D eigenvalue weighted by Gasteiger charge is 2.38. The van der Waals surface area contributed by atoms with Crippen molar-refractivity contribution in [3.63, 3.8) is 0 Å². The topological polar surface area (TPSA) is 77.2 Å². The minimum absolute atomic E-state index is 0.00228. The number of halogens is 3. The highest BCUT2D eigenvalue weighted by Crippen LogP contribution is 2.32. The normalized spacial score (nSPS) is 12.7. The van der Waals surface area contributed by atoms with E-state index >= 15 is 0 Å².